The molecule has 2 aromatic rings. The van der Waals surface area contributed by atoms with E-state index in [4.69, 9.17) is 0 Å². The van der Waals surface area contributed by atoms with Crippen molar-refractivity contribution in [1.82, 2.24) is 20.0 Å². The standard InChI is InChI=1S/C16H20N4O2.ClH/c1-10-4-6-20-14(7-10)18-8-12(16(20)22)15(21)19-13-9-17-5-3-11(13)2;/h4,6-8,11,13,17H,3,5,9H2,1-2H3,(H,19,21);1H. The molecule has 0 radical (unpaired) electrons. The Morgan fingerprint density at radius 3 is 3.00 bits per heavy atom. The Kier molecular flexibility index (Phi) is 5.38. The third kappa shape index (κ3) is 3.54. The number of halogens is 1. The highest BCUT2D eigenvalue weighted by molar-refractivity contribution is 5.94. The topological polar surface area (TPSA) is 75.5 Å². The van der Waals surface area contributed by atoms with Crippen LogP contribution in [-0.2, 0) is 0 Å². The van der Waals surface area contributed by atoms with Crippen molar-refractivity contribution in [3.8, 4) is 0 Å². The zero-order chi connectivity index (χ0) is 15.7. The number of aryl methyl sites for hydroxylation is 1. The molecule has 2 atom stereocenters. The highest BCUT2D eigenvalue weighted by Gasteiger charge is 2.24. The Hall–Kier alpha value is -1.92. The lowest BCUT2D eigenvalue weighted by atomic mass is 9.94. The molecule has 7 heteroatoms. The molecule has 0 bridgehead atoms. The van der Waals surface area contributed by atoms with E-state index in [2.05, 4.69) is 22.5 Å². The molecule has 6 nitrogen and oxygen atoms in total. The summed E-state index contributed by atoms with van der Waals surface area (Å²) < 4.78 is 1.41. The number of rotatable bonds is 2. The van der Waals surface area contributed by atoms with Gasteiger partial charge in [-0.25, -0.2) is 4.98 Å². The van der Waals surface area contributed by atoms with E-state index in [9.17, 15) is 9.59 Å². The van der Waals surface area contributed by atoms with E-state index >= 15 is 0 Å². The molecule has 2 aromatic heterocycles. The van der Waals surface area contributed by atoms with Crippen molar-refractivity contribution in [3.05, 3.63) is 46.0 Å². The SMILES string of the molecule is Cc1ccn2c(=O)c(C(=O)NC3CNCCC3C)cnc2c1.Cl. The number of fused-ring (bicyclic) bond motifs is 1. The molecule has 1 aliphatic heterocycles. The van der Waals surface area contributed by atoms with E-state index in [1.54, 1.807) is 6.20 Å². The first-order valence-corrected chi connectivity index (χ1v) is 7.56. The maximum absolute atomic E-state index is 12.5. The molecule has 3 rings (SSSR count). The fourth-order valence-corrected chi connectivity index (χ4v) is 2.76. The molecule has 124 valence electrons. The number of carbonyl (C=O) groups excluding carboxylic acids is 1. The minimum absolute atomic E-state index is 0. The molecule has 0 spiro atoms. The van der Waals surface area contributed by atoms with Gasteiger partial charge in [-0.3, -0.25) is 14.0 Å². The zero-order valence-corrected chi connectivity index (χ0v) is 14.0. The first kappa shape index (κ1) is 17.4. The van der Waals surface area contributed by atoms with Crippen LogP contribution in [0.3, 0.4) is 0 Å². The highest BCUT2D eigenvalue weighted by Crippen LogP contribution is 2.11. The van der Waals surface area contributed by atoms with Crippen molar-refractivity contribution in [2.45, 2.75) is 26.3 Å². The van der Waals surface area contributed by atoms with Gasteiger partial charge in [-0.1, -0.05) is 6.92 Å². The Morgan fingerprint density at radius 2 is 2.26 bits per heavy atom. The number of hydrogen-bond acceptors (Lipinski definition) is 4. The summed E-state index contributed by atoms with van der Waals surface area (Å²) in [6.45, 7) is 5.74. The van der Waals surface area contributed by atoms with Crippen LogP contribution in [0.4, 0.5) is 0 Å². The van der Waals surface area contributed by atoms with Crippen molar-refractivity contribution in [3.63, 3.8) is 0 Å². The first-order chi connectivity index (χ1) is 10.6. The normalized spacial score (nSPS) is 20.8. The molecule has 2 N–H and O–H groups in total. The van der Waals surface area contributed by atoms with Crippen LogP contribution < -0.4 is 16.2 Å². The van der Waals surface area contributed by atoms with Gasteiger partial charge < -0.3 is 10.6 Å². The fraction of sp³-hybridized carbons (Fsp3) is 0.438. The zero-order valence-electron chi connectivity index (χ0n) is 13.2. The van der Waals surface area contributed by atoms with Crippen molar-refractivity contribution in [2.75, 3.05) is 13.1 Å². The van der Waals surface area contributed by atoms with Crippen LogP contribution in [-0.4, -0.2) is 34.4 Å². The second-order valence-electron chi connectivity index (χ2n) is 5.96. The first-order valence-electron chi connectivity index (χ1n) is 7.56. The third-order valence-corrected chi connectivity index (χ3v) is 4.25. The van der Waals surface area contributed by atoms with Crippen LogP contribution in [0, 0.1) is 12.8 Å². The van der Waals surface area contributed by atoms with Gasteiger partial charge in [0, 0.05) is 25.0 Å². The van der Waals surface area contributed by atoms with E-state index in [1.807, 2.05) is 19.1 Å². The molecule has 2 unspecified atom stereocenters. The summed E-state index contributed by atoms with van der Waals surface area (Å²) in [5.74, 6) is 0.0389. The highest BCUT2D eigenvalue weighted by atomic mass is 35.5. The third-order valence-electron chi connectivity index (χ3n) is 4.25. The van der Waals surface area contributed by atoms with Crippen LogP contribution in [0.1, 0.15) is 29.3 Å². The molecule has 0 saturated carbocycles. The number of hydrogen-bond donors (Lipinski definition) is 2. The predicted molar refractivity (Wildman–Crippen MR) is 91.4 cm³/mol. The second kappa shape index (κ2) is 7.10. The maximum Gasteiger partial charge on any atom is 0.270 e. The Balaban J connectivity index is 0.00000192. The van der Waals surface area contributed by atoms with E-state index in [-0.39, 0.29) is 35.5 Å². The molecule has 1 aliphatic rings. The van der Waals surface area contributed by atoms with Gasteiger partial charge in [0.15, 0.2) is 0 Å². The van der Waals surface area contributed by atoms with Crippen LogP contribution in [0.15, 0.2) is 29.3 Å². The van der Waals surface area contributed by atoms with Gasteiger partial charge in [-0.2, -0.15) is 0 Å². The quantitative estimate of drug-likeness (QED) is 0.862. The number of nitrogens with zero attached hydrogens (tertiary/aromatic N) is 2. The molecule has 1 amide bonds. The number of amides is 1. The molecule has 23 heavy (non-hydrogen) atoms. The van der Waals surface area contributed by atoms with E-state index in [1.165, 1.54) is 10.6 Å². The van der Waals surface area contributed by atoms with Crippen LogP contribution >= 0.6 is 12.4 Å². The number of nitrogens with one attached hydrogen (secondary N) is 2. The Labute approximate surface area is 140 Å². The van der Waals surface area contributed by atoms with Crippen molar-refractivity contribution >= 4 is 24.0 Å². The van der Waals surface area contributed by atoms with Gasteiger partial charge in [-0.15, -0.1) is 12.4 Å². The molecule has 0 aromatic carbocycles. The fourth-order valence-electron chi connectivity index (χ4n) is 2.76. The van der Waals surface area contributed by atoms with E-state index in [0.717, 1.165) is 25.1 Å². The summed E-state index contributed by atoms with van der Waals surface area (Å²) in [7, 11) is 0. The predicted octanol–water partition coefficient (Wildman–Crippen LogP) is 1.15. The molecular formula is C16H21ClN4O2. The summed E-state index contributed by atoms with van der Waals surface area (Å²) in [5, 5.41) is 6.21. The van der Waals surface area contributed by atoms with Crippen LogP contribution in [0.2, 0.25) is 0 Å². The minimum Gasteiger partial charge on any atom is -0.348 e. The summed E-state index contributed by atoms with van der Waals surface area (Å²) in [4.78, 5) is 29.1. The van der Waals surface area contributed by atoms with Gasteiger partial charge in [0.05, 0.1) is 0 Å². The van der Waals surface area contributed by atoms with Gasteiger partial charge in [0.2, 0.25) is 0 Å². The largest absolute Gasteiger partial charge is 0.348 e. The van der Waals surface area contributed by atoms with Crippen LogP contribution in [0.25, 0.3) is 5.65 Å². The lowest BCUT2D eigenvalue weighted by Crippen LogP contribution is -2.51. The van der Waals surface area contributed by atoms with Crippen LogP contribution in [0.5, 0.6) is 0 Å². The van der Waals surface area contributed by atoms with Gasteiger partial charge >= 0.3 is 0 Å². The van der Waals surface area contributed by atoms with Gasteiger partial charge in [0.1, 0.15) is 11.2 Å². The Morgan fingerprint density at radius 1 is 1.48 bits per heavy atom. The van der Waals surface area contributed by atoms with E-state index < -0.39 is 0 Å². The molecule has 3 heterocycles. The summed E-state index contributed by atoms with van der Waals surface area (Å²) in [6, 6.07) is 3.68. The van der Waals surface area contributed by atoms with E-state index in [0.29, 0.717) is 11.6 Å². The average Bonchev–Trinajstić information content (AvgIpc) is 2.49. The average molecular weight is 337 g/mol. The summed E-state index contributed by atoms with van der Waals surface area (Å²) in [5.41, 5.74) is 1.32. The molecule has 1 saturated heterocycles. The molecule has 1 fully saturated rings. The number of aromatic nitrogens is 2. The van der Waals surface area contributed by atoms with Gasteiger partial charge in [0.25, 0.3) is 11.5 Å². The lowest BCUT2D eigenvalue weighted by Gasteiger charge is -2.30. The summed E-state index contributed by atoms with van der Waals surface area (Å²) >= 11 is 0. The smallest absolute Gasteiger partial charge is 0.270 e. The second-order valence-corrected chi connectivity index (χ2v) is 5.96. The monoisotopic (exact) mass is 336 g/mol. The molecular weight excluding hydrogens is 316 g/mol. The maximum atomic E-state index is 12.5. The number of pyridine rings is 1. The lowest BCUT2D eigenvalue weighted by molar-refractivity contribution is 0.0913. The van der Waals surface area contributed by atoms with Crippen molar-refractivity contribution in [1.29, 1.82) is 0 Å². The number of piperidine rings is 1. The Bertz CT molecular complexity index is 774. The van der Waals surface area contributed by atoms with Crippen molar-refractivity contribution < 1.29 is 4.79 Å². The number of carbonyl (C=O) groups is 1. The van der Waals surface area contributed by atoms with Crippen molar-refractivity contribution in [2.24, 2.45) is 5.92 Å². The molecule has 0 aliphatic carbocycles. The summed E-state index contributed by atoms with van der Waals surface area (Å²) in [6.07, 6.45) is 4.04. The van der Waals surface area contributed by atoms with Gasteiger partial charge in [-0.05, 0) is 43.5 Å². The minimum atomic E-state index is -0.354.